The number of imidazole rings is 1. The molecule has 0 amide bonds. The molecule has 35 heavy (non-hydrogen) atoms. The van der Waals surface area contributed by atoms with Crippen LogP contribution in [0.25, 0.3) is 44.9 Å². The molecule has 2 heterocycles. The van der Waals surface area contributed by atoms with Crippen molar-refractivity contribution >= 4 is 11.0 Å². The molecule has 0 saturated heterocycles. The Morgan fingerprint density at radius 3 is 2.17 bits per heavy atom. The predicted octanol–water partition coefficient (Wildman–Crippen LogP) is 6.35. The molecule has 0 aliphatic rings. The molecule has 0 N–H and O–H groups in total. The number of aryl methyl sites for hydroxylation is 2. The molecule has 0 saturated carbocycles. The second-order valence-corrected chi connectivity index (χ2v) is 8.36. The fourth-order valence-corrected chi connectivity index (χ4v) is 4.61. The molecule has 0 unspecified atom stereocenters. The van der Waals surface area contributed by atoms with E-state index in [1.807, 2.05) is 47.4 Å². The van der Waals surface area contributed by atoms with Crippen LogP contribution in [0.3, 0.4) is 0 Å². The van der Waals surface area contributed by atoms with E-state index in [0.717, 1.165) is 44.9 Å². The monoisotopic (exact) mass is 633 g/mol. The standard InChI is InChI=1S/C29H22N5.Ir/c1-20-16-23(22-10-5-3-6-11-22)17-21(2)28(20)34-29(30-18-32-34)25-14-9-15-26-27(25)31-19-33(26)24-12-7-4-8-13-24;/h3-13,15-19H,1-2H3;/q-1;. The average Bonchev–Trinajstić information content (AvgIpc) is 3.52. The summed E-state index contributed by atoms with van der Waals surface area (Å²) in [6, 6.07) is 32.4. The third-order valence-corrected chi connectivity index (χ3v) is 6.13. The largest absolute Gasteiger partial charge is 0.318 e. The molecule has 2 aromatic heterocycles. The van der Waals surface area contributed by atoms with Gasteiger partial charge < -0.3 is 4.57 Å². The van der Waals surface area contributed by atoms with Crippen LogP contribution in [0.2, 0.25) is 0 Å². The summed E-state index contributed by atoms with van der Waals surface area (Å²) in [5.74, 6) is 0.725. The first-order chi connectivity index (χ1) is 16.7. The molecule has 0 aliphatic heterocycles. The minimum atomic E-state index is 0. The number of rotatable bonds is 4. The average molecular weight is 633 g/mol. The van der Waals surface area contributed by atoms with E-state index in [-0.39, 0.29) is 20.1 Å². The second kappa shape index (κ2) is 9.41. The maximum atomic E-state index is 4.73. The zero-order valence-corrected chi connectivity index (χ0v) is 21.7. The van der Waals surface area contributed by atoms with Crippen molar-refractivity contribution in [3.8, 4) is 33.9 Å². The molecule has 0 spiro atoms. The molecule has 6 aromatic rings. The summed E-state index contributed by atoms with van der Waals surface area (Å²) in [6.07, 6.45) is 3.45. The Bertz CT molecular complexity index is 1590. The van der Waals surface area contributed by atoms with Crippen LogP contribution in [-0.2, 0) is 20.1 Å². The van der Waals surface area contributed by atoms with Gasteiger partial charge in [0.15, 0.2) is 0 Å². The molecule has 0 bridgehead atoms. The topological polar surface area (TPSA) is 48.5 Å². The summed E-state index contributed by atoms with van der Waals surface area (Å²) in [4.78, 5) is 9.36. The van der Waals surface area contributed by atoms with Gasteiger partial charge in [-0.1, -0.05) is 54.1 Å². The summed E-state index contributed by atoms with van der Waals surface area (Å²) in [5, 5.41) is 4.61. The molecule has 1 radical (unpaired) electrons. The van der Waals surface area contributed by atoms with Gasteiger partial charge in [-0.2, -0.15) is 5.10 Å². The number of nitrogens with zero attached hydrogens (tertiary/aromatic N) is 5. The smallest absolute Gasteiger partial charge is 0.127 e. The maximum Gasteiger partial charge on any atom is 0.127 e. The zero-order chi connectivity index (χ0) is 23.1. The summed E-state index contributed by atoms with van der Waals surface area (Å²) >= 11 is 0. The van der Waals surface area contributed by atoms with Gasteiger partial charge in [-0.15, -0.1) is 18.2 Å². The van der Waals surface area contributed by atoms with Crippen LogP contribution in [0.1, 0.15) is 11.1 Å². The molecule has 4 aromatic carbocycles. The van der Waals surface area contributed by atoms with Crippen molar-refractivity contribution in [2.24, 2.45) is 0 Å². The van der Waals surface area contributed by atoms with Crippen molar-refractivity contribution < 1.29 is 20.1 Å². The van der Waals surface area contributed by atoms with Crippen molar-refractivity contribution in [1.29, 1.82) is 0 Å². The van der Waals surface area contributed by atoms with Crippen LogP contribution >= 0.6 is 0 Å². The number of hydrogen-bond donors (Lipinski definition) is 0. The molecular weight excluding hydrogens is 611 g/mol. The third kappa shape index (κ3) is 4.01. The van der Waals surface area contributed by atoms with Crippen molar-refractivity contribution in [3.63, 3.8) is 0 Å². The van der Waals surface area contributed by atoms with Gasteiger partial charge in [0, 0.05) is 31.3 Å². The van der Waals surface area contributed by atoms with Gasteiger partial charge in [0.2, 0.25) is 0 Å². The van der Waals surface area contributed by atoms with E-state index in [4.69, 9.17) is 4.98 Å². The Morgan fingerprint density at radius 1 is 0.771 bits per heavy atom. The number of benzene rings is 4. The number of hydrogen-bond acceptors (Lipinski definition) is 3. The third-order valence-electron chi connectivity index (χ3n) is 6.13. The van der Waals surface area contributed by atoms with Gasteiger partial charge in [0.1, 0.15) is 6.33 Å². The van der Waals surface area contributed by atoms with Crippen LogP contribution < -0.4 is 0 Å². The van der Waals surface area contributed by atoms with Gasteiger partial charge in [0.25, 0.3) is 0 Å². The number of para-hydroxylation sites is 1. The Labute approximate surface area is 217 Å². The van der Waals surface area contributed by atoms with E-state index < -0.39 is 0 Å². The van der Waals surface area contributed by atoms with Crippen molar-refractivity contribution in [2.45, 2.75) is 13.8 Å². The number of aromatic nitrogens is 5. The fraction of sp³-hybridized carbons (Fsp3) is 0.0690. The molecular formula is C29H22IrN5-. The van der Waals surface area contributed by atoms with E-state index >= 15 is 0 Å². The second-order valence-electron chi connectivity index (χ2n) is 8.36. The molecule has 0 aliphatic carbocycles. The van der Waals surface area contributed by atoms with E-state index in [1.165, 1.54) is 11.1 Å². The number of fused-ring (bicyclic) bond motifs is 1. The molecule has 6 heteroatoms. The Kier molecular flexibility index (Phi) is 6.16. The molecule has 5 nitrogen and oxygen atoms in total. The van der Waals surface area contributed by atoms with Gasteiger partial charge in [0.05, 0.1) is 17.8 Å². The molecule has 0 atom stereocenters. The first kappa shape index (κ1) is 22.9. The van der Waals surface area contributed by atoms with Crippen molar-refractivity contribution in [3.05, 3.63) is 115 Å². The predicted molar refractivity (Wildman–Crippen MR) is 135 cm³/mol. The fourth-order valence-electron chi connectivity index (χ4n) is 4.61. The van der Waals surface area contributed by atoms with E-state index in [1.54, 1.807) is 6.33 Å². The van der Waals surface area contributed by atoms with Crippen LogP contribution in [0.5, 0.6) is 0 Å². The van der Waals surface area contributed by atoms with E-state index in [2.05, 4.69) is 83.1 Å². The maximum absolute atomic E-state index is 4.73. The van der Waals surface area contributed by atoms with Crippen molar-refractivity contribution in [1.82, 2.24) is 24.3 Å². The van der Waals surface area contributed by atoms with E-state index in [0.29, 0.717) is 0 Å². The van der Waals surface area contributed by atoms with Gasteiger partial charge in [-0.25, -0.2) is 0 Å². The SMILES string of the molecule is Cc1cc(-c2ccccc2)cc(C)c1-n1ncnc1-c1[c-]ccc2c1ncn2-c1ccccc1.[Ir]. The van der Waals surface area contributed by atoms with Gasteiger partial charge in [-0.05, 0) is 65.9 Å². The molecule has 0 fully saturated rings. The van der Waals surface area contributed by atoms with Gasteiger partial charge >= 0.3 is 0 Å². The van der Waals surface area contributed by atoms with Crippen LogP contribution in [-0.4, -0.2) is 24.3 Å². The first-order valence-electron chi connectivity index (χ1n) is 11.2. The Morgan fingerprint density at radius 2 is 1.46 bits per heavy atom. The van der Waals surface area contributed by atoms with Crippen LogP contribution in [0.15, 0.2) is 97.6 Å². The van der Waals surface area contributed by atoms with Crippen LogP contribution in [0, 0.1) is 19.9 Å². The van der Waals surface area contributed by atoms with E-state index in [9.17, 15) is 0 Å². The minimum Gasteiger partial charge on any atom is -0.318 e. The summed E-state index contributed by atoms with van der Waals surface area (Å²) in [5.41, 5.74) is 9.42. The van der Waals surface area contributed by atoms with Crippen LogP contribution in [0.4, 0.5) is 0 Å². The minimum absolute atomic E-state index is 0. The summed E-state index contributed by atoms with van der Waals surface area (Å²) in [6.45, 7) is 4.24. The Hall–Kier alpha value is -3.86. The summed E-state index contributed by atoms with van der Waals surface area (Å²) in [7, 11) is 0. The van der Waals surface area contributed by atoms with Crippen molar-refractivity contribution in [2.75, 3.05) is 0 Å². The zero-order valence-electron chi connectivity index (χ0n) is 19.3. The summed E-state index contributed by atoms with van der Waals surface area (Å²) < 4.78 is 3.99. The Balaban J connectivity index is 0.00000253. The molecule has 6 rings (SSSR count). The molecule has 173 valence electrons. The first-order valence-corrected chi connectivity index (χ1v) is 11.2. The normalized spacial score (nSPS) is 10.9. The van der Waals surface area contributed by atoms with Gasteiger partial charge in [-0.3, -0.25) is 14.6 Å². The quantitative estimate of drug-likeness (QED) is 0.213.